The maximum atomic E-state index is 6.16. The summed E-state index contributed by atoms with van der Waals surface area (Å²) in [6.45, 7) is 4.13. The van der Waals surface area contributed by atoms with Gasteiger partial charge >= 0.3 is 0 Å². The van der Waals surface area contributed by atoms with Crippen LogP contribution < -0.4 is 0 Å². The smallest absolute Gasteiger partial charge is 0.0438 e. The van der Waals surface area contributed by atoms with Gasteiger partial charge in [-0.3, -0.25) is 0 Å². The molecule has 0 aliphatic rings. The normalized spacial score (nSPS) is 12.4. The van der Waals surface area contributed by atoms with Gasteiger partial charge in [0.1, 0.15) is 0 Å². The van der Waals surface area contributed by atoms with Gasteiger partial charge in [-0.1, -0.05) is 69.5 Å². The second-order valence-electron chi connectivity index (χ2n) is 4.67. The van der Waals surface area contributed by atoms with Gasteiger partial charge in [0.2, 0.25) is 0 Å². The van der Waals surface area contributed by atoms with Crippen molar-refractivity contribution in [1.82, 2.24) is 0 Å². The standard InChI is InChI=1S/C16H16BrCl/c1-11-3-6-13(7-4-11)9-15(17)14-8-5-12(2)16(18)10-14/h3-8,10,15H,9H2,1-2H3. The molecule has 2 aromatic rings. The lowest BCUT2D eigenvalue weighted by Crippen LogP contribution is -1.96. The van der Waals surface area contributed by atoms with Crippen LogP contribution >= 0.6 is 27.5 Å². The predicted molar refractivity (Wildman–Crippen MR) is 82.7 cm³/mol. The SMILES string of the molecule is Cc1ccc(CC(Br)c2ccc(C)c(Cl)c2)cc1. The Balaban J connectivity index is 2.13. The first-order chi connectivity index (χ1) is 8.56. The molecular weight excluding hydrogens is 308 g/mol. The molecule has 0 N–H and O–H groups in total. The highest BCUT2D eigenvalue weighted by Gasteiger charge is 2.09. The molecule has 0 saturated heterocycles. The summed E-state index contributed by atoms with van der Waals surface area (Å²) >= 11 is 9.90. The fourth-order valence-corrected chi connectivity index (χ4v) is 2.70. The fourth-order valence-electron chi connectivity index (χ4n) is 1.85. The molecule has 0 heterocycles. The minimum Gasteiger partial charge on any atom is -0.0840 e. The van der Waals surface area contributed by atoms with E-state index in [2.05, 4.69) is 59.3 Å². The summed E-state index contributed by atoms with van der Waals surface area (Å²) in [5.74, 6) is 0. The zero-order chi connectivity index (χ0) is 13.1. The van der Waals surface area contributed by atoms with E-state index in [1.807, 2.05) is 13.0 Å². The van der Waals surface area contributed by atoms with Crippen LogP contribution in [-0.4, -0.2) is 0 Å². The lowest BCUT2D eigenvalue weighted by atomic mass is 10.0. The zero-order valence-corrected chi connectivity index (χ0v) is 12.9. The van der Waals surface area contributed by atoms with E-state index < -0.39 is 0 Å². The first-order valence-electron chi connectivity index (χ1n) is 6.02. The molecule has 94 valence electrons. The van der Waals surface area contributed by atoms with Gasteiger partial charge in [0.15, 0.2) is 0 Å². The maximum Gasteiger partial charge on any atom is 0.0438 e. The third-order valence-corrected chi connectivity index (χ3v) is 4.35. The summed E-state index contributed by atoms with van der Waals surface area (Å²) in [5, 5.41) is 0.834. The van der Waals surface area contributed by atoms with Crippen LogP contribution in [0.2, 0.25) is 5.02 Å². The van der Waals surface area contributed by atoms with Crippen LogP contribution in [0.5, 0.6) is 0 Å². The number of halogens is 2. The molecule has 0 aromatic heterocycles. The van der Waals surface area contributed by atoms with Crippen molar-refractivity contribution in [1.29, 1.82) is 0 Å². The van der Waals surface area contributed by atoms with Gasteiger partial charge in [-0.2, -0.15) is 0 Å². The average Bonchev–Trinajstić information content (AvgIpc) is 2.35. The number of benzene rings is 2. The van der Waals surface area contributed by atoms with Crippen LogP contribution in [0.15, 0.2) is 42.5 Å². The maximum absolute atomic E-state index is 6.16. The van der Waals surface area contributed by atoms with E-state index >= 15 is 0 Å². The Labute approximate surface area is 122 Å². The monoisotopic (exact) mass is 322 g/mol. The van der Waals surface area contributed by atoms with Crippen molar-refractivity contribution < 1.29 is 0 Å². The topological polar surface area (TPSA) is 0 Å². The van der Waals surface area contributed by atoms with Crippen LogP contribution in [0, 0.1) is 13.8 Å². The van der Waals surface area contributed by atoms with Crippen LogP contribution in [0.4, 0.5) is 0 Å². The number of alkyl halides is 1. The van der Waals surface area contributed by atoms with Crippen molar-refractivity contribution >= 4 is 27.5 Å². The second kappa shape index (κ2) is 5.90. The number of rotatable bonds is 3. The molecule has 2 heteroatoms. The summed E-state index contributed by atoms with van der Waals surface area (Å²) in [4.78, 5) is 0.304. The Kier molecular flexibility index (Phi) is 4.47. The molecule has 0 aliphatic heterocycles. The van der Waals surface area contributed by atoms with E-state index in [0.29, 0.717) is 4.83 Å². The largest absolute Gasteiger partial charge is 0.0840 e. The summed E-state index contributed by atoms with van der Waals surface area (Å²) in [5.41, 5.74) is 4.98. The minimum absolute atomic E-state index is 0.304. The Morgan fingerprint density at radius 3 is 2.33 bits per heavy atom. The molecule has 0 radical (unpaired) electrons. The van der Waals surface area contributed by atoms with Crippen molar-refractivity contribution in [3.8, 4) is 0 Å². The van der Waals surface area contributed by atoms with E-state index in [4.69, 9.17) is 11.6 Å². The van der Waals surface area contributed by atoms with Crippen LogP contribution in [0.3, 0.4) is 0 Å². The highest BCUT2D eigenvalue weighted by molar-refractivity contribution is 9.09. The molecule has 1 unspecified atom stereocenters. The van der Waals surface area contributed by atoms with Gasteiger partial charge in [-0.15, -0.1) is 0 Å². The lowest BCUT2D eigenvalue weighted by molar-refractivity contribution is 0.947. The van der Waals surface area contributed by atoms with Gasteiger partial charge in [-0.25, -0.2) is 0 Å². The Bertz CT molecular complexity index is 531. The predicted octanol–water partition coefficient (Wildman–Crippen LogP) is 5.64. The number of hydrogen-bond acceptors (Lipinski definition) is 0. The first kappa shape index (κ1) is 13.6. The van der Waals surface area contributed by atoms with E-state index in [1.54, 1.807) is 0 Å². The van der Waals surface area contributed by atoms with Crippen LogP contribution in [0.1, 0.15) is 27.1 Å². The van der Waals surface area contributed by atoms with E-state index in [1.165, 1.54) is 16.7 Å². The molecule has 2 rings (SSSR count). The Morgan fingerprint density at radius 2 is 1.72 bits per heavy atom. The van der Waals surface area contributed by atoms with Crippen molar-refractivity contribution in [2.75, 3.05) is 0 Å². The number of hydrogen-bond donors (Lipinski definition) is 0. The summed E-state index contributed by atoms with van der Waals surface area (Å²) in [7, 11) is 0. The van der Waals surface area contributed by atoms with Gasteiger partial charge in [0, 0.05) is 9.85 Å². The Morgan fingerprint density at radius 1 is 1.06 bits per heavy atom. The molecule has 1 atom stereocenters. The molecule has 0 spiro atoms. The highest BCUT2D eigenvalue weighted by Crippen LogP contribution is 2.30. The van der Waals surface area contributed by atoms with Crippen molar-refractivity contribution in [2.24, 2.45) is 0 Å². The van der Waals surface area contributed by atoms with Crippen molar-refractivity contribution in [2.45, 2.75) is 25.1 Å². The molecule has 0 fully saturated rings. The molecular formula is C16H16BrCl. The van der Waals surface area contributed by atoms with E-state index in [0.717, 1.165) is 17.0 Å². The van der Waals surface area contributed by atoms with Gasteiger partial charge in [0.25, 0.3) is 0 Å². The molecule has 0 aliphatic carbocycles. The third-order valence-electron chi connectivity index (χ3n) is 3.09. The molecule has 0 saturated carbocycles. The minimum atomic E-state index is 0.304. The van der Waals surface area contributed by atoms with E-state index in [-0.39, 0.29) is 0 Å². The molecule has 0 amide bonds. The second-order valence-corrected chi connectivity index (χ2v) is 6.18. The van der Waals surface area contributed by atoms with Crippen LogP contribution in [0.25, 0.3) is 0 Å². The first-order valence-corrected chi connectivity index (χ1v) is 7.31. The number of aryl methyl sites for hydroxylation is 2. The third kappa shape index (κ3) is 3.37. The molecule has 0 bridgehead atoms. The summed E-state index contributed by atoms with van der Waals surface area (Å²) in [6.07, 6.45) is 0.972. The summed E-state index contributed by atoms with van der Waals surface area (Å²) < 4.78 is 0. The molecule has 2 aromatic carbocycles. The summed E-state index contributed by atoms with van der Waals surface area (Å²) in [6, 6.07) is 14.9. The van der Waals surface area contributed by atoms with Gasteiger partial charge in [0.05, 0.1) is 0 Å². The van der Waals surface area contributed by atoms with E-state index in [9.17, 15) is 0 Å². The van der Waals surface area contributed by atoms with Crippen molar-refractivity contribution in [3.63, 3.8) is 0 Å². The van der Waals surface area contributed by atoms with Gasteiger partial charge in [-0.05, 0) is 43.0 Å². The lowest BCUT2D eigenvalue weighted by Gasteiger charge is -2.12. The molecule has 18 heavy (non-hydrogen) atoms. The van der Waals surface area contributed by atoms with Crippen molar-refractivity contribution in [3.05, 3.63) is 69.7 Å². The van der Waals surface area contributed by atoms with Gasteiger partial charge < -0.3 is 0 Å². The zero-order valence-electron chi connectivity index (χ0n) is 10.6. The highest BCUT2D eigenvalue weighted by atomic mass is 79.9. The Hall–Kier alpha value is -0.790. The fraction of sp³-hybridized carbons (Fsp3) is 0.250. The molecule has 0 nitrogen and oxygen atoms in total. The quantitative estimate of drug-likeness (QED) is 0.642. The van der Waals surface area contributed by atoms with Crippen LogP contribution in [-0.2, 0) is 6.42 Å². The average molecular weight is 324 g/mol.